The molecule has 8 heteroatoms. The highest BCUT2D eigenvalue weighted by Crippen LogP contribution is 2.26. The molecule has 2 aliphatic rings. The van der Waals surface area contributed by atoms with Gasteiger partial charge in [0, 0.05) is 37.7 Å². The normalized spacial score (nSPS) is 23.4. The number of rotatable bonds is 4. The fourth-order valence-corrected chi connectivity index (χ4v) is 6.06. The Kier molecular flexibility index (Phi) is 5.59. The molecule has 0 N–H and O–H groups in total. The van der Waals surface area contributed by atoms with Gasteiger partial charge in [-0.15, -0.1) is 11.3 Å². The number of hydrogen-bond acceptors (Lipinski definition) is 5. The summed E-state index contributed by atoms with van der Waals surface area (Å²) >= 11 is 1.34. The van der Waals surface area contributed by atoms with Crippen molar-refractivity contribution < 1.29 is 17.9 Å². The summed E-state index contributed by atoms with van der Waals surface area (Å²) in [5, 5.41) is 0. The van der Waals surface area contributed by atoms with Crippen LogP contribution in [-0.2, 0) is 26.0 Å². The molecule has 0 aliphatic carbocycles. The van der Waals surface area contributed by atoms with E-state index in [0.717, 1.165) is 24.1 Å². The van der Waals surface area contributed by atoms with Crippen LogP contribution in [0.5, 0.6) is 0 Å². The monoisotopic (exact) mass is 372 g/mol. The maximum absolute atomic E-state index is 12.8. The van der Waals surface area contributed by atoms with Crippen LogP contribution in [0.15, 0.2) is 16.3 Å². The highest BCUT2D eigenvalue weighted by molar-refractivity contribution is 7.91. The molecule has 2 aliphatic heterocycles. The third-order valence-corrected chi connectivity index (χ3v) is 8.15. The van der Waals surface area contributed by atoms with Gasteiger partial charge in [0.15, 0.2) is 0 Å². The van der Waals surface area contributed by atoms with Crippen molar-refractivity contribution in [1.82, 2.24) is 9.21 Å². The number of sulfonamides is 1. The number of hydrogen-bond donors (Lipinski definition) is 0. The summed E-state index contributed by atoms with van der Waals surface area (Å²) in [4.78, 5) is 15.3. The first kappa shape index (κ1) is 17.8. The standard InChI is InChI=1S/C16H24N2O4S2/c1-2-13-6-7-15(23-13)24(20,21)18-9-4-8-17(10-11-18)16(19)14-5-3-12-22-14/h6-7,14H,2-5,8-12H2,1H3. The van der Waals surface area contributed by atoms with Crippen molar-refractivity contribution in [3.63, 3.8) is 0 Å². The van der Waals surface area contributed by atoms with Crippen LogP contribution in [0.2, 0.25) is 0 Å². The van der Waals surface area contributed by atoms with Crippen molar-refractivity contribution in [1.29, 1.82) is 0 Å². The number of carbonyl (C=O) groups excluding carboxylic acids is 1. The number of amides is 1. The Morgan fingerprint density at radius 3 is 2.75 bits per heavy atom. The van der Waals surface area contributed by atoms with Crippen LogP contribution < -0.4 is 0 Å². The van der Waals surface area contributed by atoms with Gasteiger partial charge in [0.1, 0.15) is 10.3 Å². The molecule has 3 heterocycles. The summed E-state index contributed by atoms with van der Waals surface area (Å²) in [5.41, 5.74) is 0. The lowest BCUT2D eigenvalue weighted by Crippen LogP contribution is -2.41. The molecular weight excluding hydrogens is 348 g/mol. The zero-order valence-corrected chi connectivity index (χ0v) is 15.6. The Hall–Kier alpha value is -0.960. The molecule has 134 valence electrons. The Balaban J connectivity index is 1.67. The number of thiophene rings is 1. The quantitative estimate of drug-likeness (QED) is 0.807. The molecule has 1 unspecified atom stereocenters. The Morgan fingerprint density at radius 2 is 2.08 bits per heavy atom. The van der Waals surface area contributed by atoms with Gasteiger partial charge in [-0.2, -0.15) is 4.31 Å². The van der Waals surface area contributed by atoms with E-state index in [2.05, 4.69) is 0 Å². The molecule has 0 saturated carbocycles. The first-order valence-electron chi connectivity index (χ1n) is 8.51. The second-order valence-electron chi connectivity index (χ2n) is 6.16. The number of ether oxygens (including phenoxy) is 1. The molecular formula is C16H24N2O4S2. The molecule has 3 rings (SSSR count). The van der Waals surface area contributed by atoms with Crippen molar-refractivity contribution in [3.05, 3.63) is 17.0 Å². The van der Waals surface area contributed by atoms with Gasteiger partial charge in [-0.25, -0.2) is 8.42 Å². The molecule has 1 aromatic heterocycles. The average Bonchev–Trinajstić information content (AvgIpc) is 3.21. The third-order valence-electron chi connectivity index (χ3n) is 4.55. The number of aryl methyl sites for hydroxylation is 1. The van der Waals surface area contributed by atoms with Crippen molar-refractivity contribution in [3.8, 4) is 0 Å². The second kappa shape index (κ2) is 7.51. The number of carbonyl (C=O) groups is 1. The Bertz CT molecular complexity index is 680. The van der Waals surface area contributed by atoms with Crippen LogP contribution in [0.3, 0.4) is 0 Å². The van der Waals surface area contributed by atoms with E-state index in [1.54, 1.807) is 11.0 Å². The van der Waals surface area contributed by atoms with Crippen molar-refractivity contribution in [2.75, 3.05) is 32.8 Å². The predicted molar refractivity (Wildman–Crippen MR) is 92.6 cm³/mol. The summed E-state index contributed by atoms with van der Waals surface area (Å²) in [7, 11) is -3.46. The fourth-order valence-electron chi connectivity index (χ4n) is 3.14. The van der Waals surface area contributed by atoms with Crippen molar-refractivity contribution in [2.45, 2.75) is 42.9 Å². The molecule has 2 fully saturated rings. The minimum Gasteiger partial charge on any atom is -0.368 e. The predicted octanol–water partition coefficient (Wildman–Crippen LogP) is 1.71. The Morgan fingerprint density at radius 1 is 1.25 bits per heavy atom. The molecule has 1 aromatic rings. The lowest BCUT2D eigenvalue weighted by Gasteiger charge is -2.23. The van der Waals surface area contributed by atoms with Gasteiger partial charge in [0.05, 0.1) is 0 Å². The van der Waals surface area contributed by atoms with E-state index in [1.807, 2.05) is 13.0 Å². The summed E-state index contributed by atoms with van der Waals surface area (Å²) in [6.45, 7) is 4.49. The lowest BCUT2D eigenvalue weighted by atomic mass is 10.2. The largest absolute Gasteiger partial charge is 0.368 e. The van der Waals surface area contributed by atoms with E-state index in [4.69, 9.17) is 4.74 Å². The minimum absolute atomic E-state index is 0.0103. The molecule has 1 amide bonds. The van der Waals surface area contributed by atoms with E-state index in [9.17, 15) is 13.2 Å². The third kappa shape index (κ3) is 3.66. The lowest BCUT2D eigenvalue weighted by molar-refractivity contribution is -0.140. The summed E-state index contributed by atoms with van der Waals surface area (Å²) < 4.78 is 33.0. The van der Waals surface area contributed by atoms with Crippen LogP contribution in [0.1, 0.15) is 31.1 Å². The van der Waals surface area contributed by atoms with Crippen LogP contribution in [0.25, 0.3) is 0 Å². The minimum atomic E-state index is -3.46. The molecule has 0 radical (unpaired) electrons. The average molecular weight is 373 g/mol. The van der Waals surface area contributed by atoms with E-state index < -0.39 is 10.0 Å². The maximum atomic E-state index is 12.8. The van der Waals surface area contributed by atoms with Gasteiger partial charge in [-0.3, -0.25) is 4.79 Å². The maximum Gasteiger partial charge on any atom is 0.252 e. The zero-order chi connectivity index (χ0) is 17.2. The van der Waals surface area contributed by atoms with Gasteiger partial charge < -0.3 is 9.64 Å². The zero-order valence-electron chi connectivity index (χ0n) is 13.9. The van der Waals surface area contributed by atoms with Gasteiger partial charge in [-0.05, 0) is 37.8 Å². The molecule has 0 aromatic carbocycles. The molecule has 24 heavy (non-hydrogen) atoms. The summed E-state index contributed by atoms with van der Waals surface area (Å²) in [6.07, 6.45) is 2.85. The molecule has 0 bridgehead atoms. The van der Waals surface area contributed by atoms with Crippen molar-refractivity contribution >= 4 is 27.3 Å². The van der Waals surface area contributed by atoms with E-state index >= 15 is 0 Å². The molecule has 1 atom stereocenters. The topological polar surface area (TPSA) is 66.9 Å². The van der Waals surface area contributed by atoms with Crippen molar-refractivity contribution in [2.24, 2.45) is 0 Å². The molecule has 0 spiro atoms. The van der Waals surface area contributed by atoms with Gasteiger partial charge in [-0.1, -0.05) is 6.92 Å². The summed E-state index contributed by atoms with van der Waals surface area (Å²) in [6, 6.07) is 3.57. The van der Waals surface area contributed by atoms with Crippen LogP contribution >= 0.6 is 11.3 Å². The SMILES string of the molecule is CCc1ccc(S(=O)(=O)N2CCCN(C(=O)C3CCCO3)CC2)s1. The molecule has 6 nitrogen and oxygen atoms in total. The van der Waals surface area contributed by atoms with E-state index in [-0.39, 0.29) is 12.0 Å². The van der Waals surface area contributed by atoms with E-state index in [0.29, 0.717) is 43.4 Å². The first-order valence-corrected chi connectivity index (χ1v) is 10.8. The smallest absolute Gasteiger partial charge is 0.252 e. The van der Waals surface area contributed by atoms with Crippen LogP contribution in [-0.4, -0.2) is 62.4 Å². The Labute approximate surface area is 147 Å². The van der Waals surface area contributed by atoms with Gasteiger partial charge >= 0.3 is 0 Å². The fraction of sp³-hybridized carbons (Fsp3) is 0.688. The van der Waals surface area contributed by atoms with E-state index in [1.165, 1.54) is 15.6 Å². The van der Waals surface area contributed by atoms with Crippen LogP contribution in [0.4, 0.5) is 0 Å². The highest BCUT2D eigenvalue weighted by atomic mass is 32.2. The first-order chi connectivity index (χ1) is 11.5. The highest BCUT2D eigenvalue weighted by Gasteiger charge is 2.32. The van der Waals surface area contributed by atoms with Gasteiger partial charge in [0.25, 0.3) is 15.9 Å². The van der Waals surface area contributed by atoms with Crippen LogP contribution in [0, 0.1) is 0 Å². The molecule has 2 saturated heterocycles. The second-order valence-corrected chi connectivity index (χ2v) is 9.49. The van der Waals surface area contributed by atoms with Gasteiger partial charge in [0.2, 0.25) is 0 Å². The summed E-state index contributed by atoms with van der Waals surface area (Å²) in [5.74, 6) is 0.0103. The number of nitrogens with zero attached hydrogens (tertiary/aromatic N) is 2.